The van der Waals surface area contributed by atoms with Gasteiger partial charge in [-0.05, 0) is 49.0 Å². The summed E-state index contributed by atoms with van der Waals surface area (Å²) in [6.45, 7) is 1.37. The highest BCUT2D eigenvalue weighted by molar-refractivity contribution is 6.31. The third kappa shape index (κ3) is 4.58. The Morgan fingerprint density at radius 3 is 2.37 bits per heavy atom. The summed E-state index contributed by atoms with van der Waals surface area (Å²) in [6, 6.07) is 3.92. The summed E-state index contributed by atoms with van der Waals surface area (Å²) in [5.74, 6) is -0.365. The van der Waals surface area contributed by atoms with Gasteiger partial charge in [0.1, 0.15) is 0 Å². The van der Waals surface area contributed by atoms with Crippen LogP contribution in [0.4, 0.5) is 13.2 Å². The molecule has 0 radical (unpaired) electrons. The third-order valence-electron chi connectivity index (χ3n) is 4.94. The van der Waals surface area contributed by atoms with Crippen LogP contribution in [0, 0.1) is 11.3 Å². The molecule has 0 amide bonds. The number of nitrogens with two attached hydrogens (primary N) is 1. The molecule has 2 fully saturated rings. The van der Waals surface area contributed by atoms with E-state index in [4.69, 9.17) is 27.9 Å². The van der Waals surface area contributed by atoms with Gasteiger partial charge in [-0.25, -0.2) is 0 Å². The molecular weight excluding hydrogens is 379 g/mol. The van der Waals surface area contributed by atoms with E-state index in [9.17, 15) is 13.2 Å². The van der Waals surface area contributed by atoms with Gasteiger partial charge in [0.2, 0.25) is 0 Å². The molecule has 0 unspecified atom stereocenters. The molecule has 0 atom stereocenters. The summed E-state index contributed by atoms with van der Waals surface area (Å²) in [6.07, 6.45) is 0.0992. The Labute approximate surface area is 160 Å². The van der Waals surface area contributed by atoms with Crippen LogP contribution >= 0.6 is 11.6 Å². The first-order chi connectivity index (χ1) is 12.7. The fourth-order valence-corrected chi connectivity index (χ4v) is 3.78. The number of nitrogens with zero attached hydrogens (tertiary/aromatic N) is 1. The SMILES string of the molecule is N=C(/C=C(/N)O)C1CCN(C(=C2CC2)c2ccc(C(F)(F)F)c(Cl)c2)CC1. The molecule has 4 nitrogen and oxygen atoms in total. The van der Waals surface area contributed by atoms with Crippen molar-refractivity contribution in [3.8, 4) is 0 Å². The topological polar surface area (TPSA) is 73.3 Å². The zero-order chi connectivity index (χ0) is 19.8. The molecule has 1 heterocycles. The highest BCUT2D eigenvalue weighted by Gasteiger charge is 2.34. The molecule has 0 bridgehead atoms. The molecule has 1 aromatic rings. The first-order valence-corrected chi connectivity index (χ1v) is 9.13. The molecule has 0 spiro atoms. The molecular formula is C19H21ClF3N3O. The Morgan fingerprint density at radius 1 is 1.26 bits per heavy atom. The Kier molecular flexibility index (Phi) is 5.42. The van der Waals surface area contributed by atoms with Gasteiger partial charge in [-0.2, -0.15) is 13.2 Å². The first kappa shape index (κ1) is 19.6. The zero-order valence-electron chi connectivity index (χ0n) is 14.6. The number of nitrogens with one attached hydrogen (secondary N) is 1. The highest BCUT2D eigenvalue weighted by Crippen LogP contribution is 2.42. The molecule has 1 aliphatic heterocycles. The number of benzene rings is 1. The highest BCUT2D eigenvalue weighted by atomic mass is 35.5. The summed E-state index contributed by atoms with van der Waals surface area (Å²) >= 11 is 5.90. The van der Waals surface area contributed by atoms with E-state index in [-0.39, 0.29) is 16.8 Å². The van der Waals surface area contributed by atoms with E-state index >= 15 is 0 Å². The van der Waals surface area contributed by atoms with Crippen molar-refractivity contribution < 1.29 is 18.3 Å². The van der Waals surface area contributed by atoms with Crippen molar-refractivity contribution in [3.05, 3.63) is 51.9 Å². The van der Waals surface area contributed by atoms with Gasteiger partial charge >= 0.3 is 6.18 Å². The molecule has 27 heavy (non-hydrogen) atoms. The number of aliphatic hydroxyl groups excluding tert-OH is 1. The second-order valence-corrected chi connectivity index (χ2v) is 7.34. The van der Waals surface area contributed by atoms with E-state index in [1.807, 2.05) is 0 Å². The van der Waals surface area contributed by atoms with E-state index in [1.165, 1.54) is 23.8 Å². The van der Waals surface area contributed by atoms with Crippen molar-refractivity contribution in [2.24, 2.45) is 11.7 Å². The van der Waals surface area contributed by atoms with Crippen LogP contribution in [0.3, 0.4) is 0 Å². The van der Waals surface area contributed by atoms with Crippen LogP contribution < -0.4 is 5.73 Å². The maximum atomic E-state index is 13.0. The average molecular weight is 400 g/mol. The van der Waals surface area contributed by atoms with Crippen molar-refractivity contribution in [2.75, 3.05) is 13.1 Å². The quantitative estimate of drug-likeness (QED) is 0.495. The monoisotopic (exact) mass is 399 g/mol. The van der Waals surface area contributed by atoms with E-state index in [2.05, 4.69) is 4.90 Å². The smallest absolute Gasteiger partial charge is 0.417 e. The Balaban J connectivity index is 1.78. The van der Waals surface area contributed by atoms with Crippen molar-refractivity contribution in [3.63, 3.8) is 0 Å². The third-order valence-corrected chi connectivity index (χ3v) is 5.25. The number of likely N-dealkylation sites (tertiary alicyclic amines) is 1. The Morgan fingerprint density at radius 2 is 1.89 bits per heavy atom. The molecule has 146 valence electrons. The van der Waals surface area contributed by atoms with Crippen LogP contribution in [0.15, 0.2) is 35.7 Å². The molecule has 3 rings (SSSR count). The fourth-order valence-electron chi connectivity index (χ4n) is 3.49. The standard InChI is InChI=1S/C19H21ClF3N3O/c20-15-9-13(3-4-14(15)19(21,22)23)18(12-1-2-12)26-7-5-11(6-8-26)16(24)10-17(25)27/h3-4,9-11,24,27H,1-2,5-8,25H2/b17-10-,24-16?. The summed E-state index contributed by atoms with van der Waals surface area (Å²) in [4.78, 5) is 2.16. The molecule has 1 aliphatic carbocycles. The van der Waals surface area contributed by atoms with Gasteiger partial charge in [0.05, 0.1) is 10.6 Å². The summed E-state index contributed by atoms with van der Waals surface area (Å²) < 4.78 is 38.9. The normalized spacial score (nSPS) is 18.6. The Bertz CT molecular complexity index is 799. The number of piperidine rings is 1. The van der Waals surface area contributed by atoms with Crippen molar-refractivity contribution in [2.45, 2.75) is 31.9 Å². The van der Waals surface area contributed by atoms with Crippen LogP contribution in [0.2, 0.25) is 5.02 Å². The number of rotatable bonds is 4. The largest absolute Gasteiger partial charge is 0.495 e. The molecule has 8 heteroatoms. The van der Waals surface area contributed by atoms with Crippen LogP contribution in [0.1, 0.15) is 36.8 Å². The number of alkyl halides is 3. The lowest BCUT2D eigenvalue weighted by atomic mass is 9.91. The van der Waals surface area contributed by atoms with E-state index in [0.29, 0.717) is 37.2 Å². The van der Waals surface area contributed by atoms with Crippen LogP contribution in [0.25, 0.3) is 5.70 Å². The van der Waals surface area contributed by atoms with Crippen LogP contribution in [-0.4, -0.2) is 28.8 Å². The minimum Gasteiger partial charge on any atom is -0.495 e. The van der Waals surface area contributed by atoms with E-state index in [0.717, 1.165) is 24.6 Å². The molecule has 1 aromatic carbocycles. The predicted octanol–water partition coefficient (Wildman–Crippen LogP) is 4.95. The van der Waals surface area contributed by atoms with Gasteiger partial charge in [-0.1, -0.05) is 17.7 Å². The second-order valence-electron chi connectivity index (χ2n) is 6.93. The minimum absolute atomic E-state index is 0.00796. The lowest BCUT2D eigenvalue weighted by molar-refractivity contribution is -0.137. The van der Waals surface area contributed by atoms with Gasteiger partial charge in [0.15, 0.2) is 5.88 Å². The number of aliphatic hydroxyl groups is 1. The zero-order valence-corrected chi connectivity index (χ0v) is 15.4. The molecule has 0 aromatic heterocycles. The molecule has 4 N–H and O–H groups in total. The fraction of sp³-hybridized carbons (Fsp3) is 0.421. The van der Waals surface area contributed by atoms with E-state index in [1.54, 1.807) is 0 Å². The second kappa shape index (κ2) is 7.46. The lowest BCUT2D eigenvalue weighted by Gasteiger charge is -2.35. The average Bonchev–Trinajstić information content (AvgIpc) is 3.39. The predicted molar refractivity (Wildman–Crippen MR) is 99.5 cm³/mol. The van der Waals surface area contributed by atoms with Crippen LogP contribution in [0.5, 0.6) is 0 Å². The first-order valence-electron chi connectivity index (χ1n) is 8.75. The number of hydrogen-bond donors (Lipinski definition) is 3. The number of hydrogen-bond acceptors (Lipinski definition) is 4. The van der Waals surface area contributed by atoms with Crippen molar-refractivity contribution in [1.29, 1.82) is 5.41 Å². The van der Waals surface area contributed by atoms with Crippen molar-refractivity contribution in [1.82, 2.24) is 4.90 Å². The van der Waals surface area contributed by atoms with Gasteiger partial charge in [-0.15, -0.1) is 0 Å². The maximum Gasteiger partial charge on any atom is 0.417 e. The van der Waals surface area contributed by atoms with Gasteiger partial charge < -0.3 is 21.1 Å². The van der Waals surface area contributed by atoms with Crippen molar-refractivity contribution >= 4 is 23.0 Å². The van der Waals surface area contributed by atoms with Gasteiger partial charge in [0, 0.05) is 36.5 Å². The molecule has 1 saturated heterocycles. The number of halogens is 4. The van der Waals surface area contributed by atoms with Crippen LogP contribution in [-0.2, 0) is 6.18 Å². The maximum absolute atomic E-state index is 13.0. The number of allylic oxidation sites excluding steroid dienone is 2. The summed E-state index contributed by atoms with van der Waals surface area (Å²) in [7, 11) is 0. The minimum atomic E-state index is -4.47. The van der Waals surface area contributed by atoms with Gasteiger partial charge in [-0.3, -0.25) is 0 Å². The summed E-state index contributed by atoms with van der Waals surface area (Å²) in [5.41, 5.74) is 7.58. The van der Waals surface area contributed by atoms with E-state index < -0.39 is 11.7 Å². The molecule has 1 saturated carbocycles. The summed E-state index contributed by atoms with van der Waals surface area (Å²) in [5, 5.41) is 16.8. The van der Waals surface area contributed by atoms with Gasteiger partial charge in [0.25, 0.3) is 0 Å². The molecule has 2 aliphatic rings. The lowest BCUT2D eigenvalue weighted by Crippen LogP contribution is -2.35. The Hall–Kier alpha value is -2.15.